The van der Waals surface area contributed by atoms with Crippen LogP contribution in [0.1, 0.15) is 28.4 Å². The van der Waals surface area contributed by atoms with Gasteiger partial charge in [-0.3, -0.25) is 0 Å². The molecule has 0 N–H and O–H groups in total. The van der Waals surface area contributed by atoms with E-state index >= 15 is 0 Å². The average molecular weight is 176 g/mol. The molecule has 0 bridgehead atoms. The largest absolute Gasteiger partial charge is 0.372 e. The summed E-state index contributed by atoms with van der Waals surface area (Å²) < 4.78 is 10.7. The molecule has 3 rings (SSSR count). The van der Waals surface area contributed by atoms with Gasteiger partial charge < -0.3 is 9.47 Å². The van der Waals surface area contributed by atoms with Crippen molar-refractivity contribution in [1.82, 2.24) is 0 Å². The molecule has 2 aliphatic rings. The van der Waals surface area contributed by atoms with Crippen LogP contribution in [0.2, 0.25) is 0 Å². The molecule has 0 saturated carbocycles. The normalized spacial score (nSPS) is 24.5. The molecule has 1 aromatic rings. The smallest absolute Gasteiger partial charge is 0.106 e. The van der Waals surface area contributed by atoms with E-state index in [1.807, 2.05) is 0 Å². The van der Waals surface area contributed by atoms with Crippen molar-refractivity contribution in [3.05, 3.63) is 34.4 Å². The van der Waals surface area contributed by atoms with Gasteiger partial charge in [-0.25, -0.2) is 0 Å². The zero-order valence-corrected chi connectivity index (χ0v) is 7.67. The van der Waals surface area contributed by atoms with Crippen LogP contribution in [-0.2, 0) is 22.7 Å². The minimum absolute atomic E-state index is 0.367. The molecule has 2 nitrogen and oxygen atoms in total. The molecule has 0 aromatic heterocycles. The maximum Gasteiger partial charge on any atom is 0.106 e. The van der Waals surface area contributed by atoms with Crippen molar-refractivity contribution < 1.29 is 9.47 Å². The van der Waals surface area contributed by atoms with Crippen LogP contribution in [0.15, 0.2) is 12.1 Å². The lowest BCUT2D eigenvalue weighted by Gasteiger charge is -2.06. The molecule has 0 radical (unpaired) electrons. The number of fused-ring (bicyclic) bond motifs is 1. The summed E-state index contributed by atoms with van der Waals surface area (Å²) in [4.78, 5) is 0. The third-order valence-corrected chi connectivity index (χ3v) is 2.92. The zero-order valence-electron chi connectivity index (χ0n) is 7.67. The Bertz CT molecular complexity index is 353. The maximum absolute atomic E-state index is 5.41. The van der Waals surface area contributed by atoms with Gasteiger partial charge in [-0.15, -0.1) is 0 Å². The average Bonchev–Trinajstić information content (AvgIpc) is 2.83. The van der Waals surface area contributed by atoms with Gasteiger partial charge in [0.25, 0.3) is 0 Å². The van der Waals surface area contributed by atoms with Gasteiger partial charge in [-0.2, -0.15) is 0 Å². The topological polar surface area (TPSA) is 21.8 Å². The summed E-state index contributed by atoms with van der Waals surface area (Å²) in [6.07, 6.45) is 0.367. The minimum Gasteiger partial charge on any atom is -0.372 e. The second-order valence-electron chi connectivity index (χ2n) is 3.73. The summed E-state index contributed by atoms with van der Waals surface area (Å²) >= 11 is 0. The fourth-order valence-electron chi connectivity index (χ4n) is 2.01. The summed E-state index contributed by atoms with van der Waals surface area (Å²) in [5.74, 6) is 0. The summed E-state index contributed by atoms with van der Waals surface area (Å²) in [6.45, 7) is 4.62. The van der Waals surface area contributed by atoms with E-state index in [9.17, 15) is 0 Å². The van der Waals surface area contributed by atoms with Crippen molar-refractivity contribution in [1.29, 1.82) is 0 Å². The van der Waals surface area contributed by atoms with Crippen molar-refractivity contribution in [2.24, 2.45) is 0 Å². The van der Waals surface area contributed by atoms with E-state index in [0.29, 0.717) is 6.10 Å². The SMILES string of the molecule is Cc1c([C@H]2CO2)ccc2c1COC2. The summed E-state index contributed by atoms with van der Waals surface area (Å²) in [5.41, 5.74) is 5.46. The van der Waals surface area contributed by atoms with Crippen molar-refractivity contribution >= 4 is 0 Å². The lowest BCUT2D eigenvalue weighted by Crippen LogP contribution is -1.94. The highest BCUT2D eigenvalue weighted by atomic mass is 16.6. The first kappa shape index (κ1) is 7.54. The molecule has 1 aromatic carbocycles. The first-order chi connectivity index (χ1) is 6.36. The molecule has 1 saturated heterocycles. The van der Waals surface area contributed by atoms with Gasteiger partial charge in [0.15, 0.2) is 0 Å². The summed E-state index contributed by atoms with van der Waals surface area (Å²) in [6, 6.07) is 4.35. The van der Waals surface area contributed by atoms with Gasteiger partial charge in [-0.1, -0.05) is 12.1 Å². The highest BCUT2D eigenvalue weighted by molar-refractivity contribution is 5.43. The van der Waals surface area contributed by atoms with E-state index in [4.69, 9.17) is 9.47 Å². The van der Waals surface area contributed by atoms with E-state index in [1.54, 1.807) is 0 Å². The van der Waals surface area contributed by atoms with Crippen molar-refractivity contribution in [2.45, 2.75) is 26.2 Å². The molecule has 0 aliphatic carbocycles. The van der Waals surface area contributed by atoms with Crippen molar-refractivity contribution in [3.63, 3.8) is 0 Å². The Morgan fingerprint density at radius 2 is 2.15 bits per heavy atom. The Kier molecular flexibility index (Phi) is 1.49. The van der Waals surface area contributed by atoms with E-state index < -0.39 is 0 Å². The van der Waals surface area contributed by atoms with Crippen LogP contribution in [0.3, 0.4) is 0 Å². The van der Waals surface area contributed by atoms with Crippen LogP contribution < -0.4 is 0 Å². The Labute approximate surface area is 77.5 Å². The van der Waals surface area contributed by atoms with E-state index in [0.717, 1.165) is 19.8 Å². The second kappa shape index (κ2) is 2.56. The lowest BCUT2D eigenvalue weighted by molar-refractivity contribution is 0.134. The number of benzene rings is 1. The number of epoxide rings is 1. The maximum atomic E-state index is 5.41. The van der Waals surface area contributed by atoms with Crippen LogP contribution in [-0.4, -0.2) is 6.61 Å². The van der Waals surface area contributed by atoms with Crippen LogP contribution in [0, 0.1) is 6.92 Å². The fraction of sp³-hybridized carbons (Fsp3) is 0.455. The number of hydrogen-bond donors (Lipinski definition) is 0. The Morgan fingerprint density at radius 3 is 2.92 bits per heavy atom. The molecule has 0 unspecified atom stereocenters. The molecule has 2 heterocycles. The molecule has 2 aliphatic heterocycles. The first-order valence-corrected chi connectivity index (χ1v) is 4.67. The van der Waals surface area contributed by atoms with Gasteiger partial charge in [0.2, 0.25) is 0 Å². The van der Waals surface area contributed by atoms with Gasteiger partial charge in [0, 0.05) is 0 Å². The number of hydrogen-bond acceptors (Lipinski definition) is 2. The third kappa shape index (κ3) is 1.10. The Hall–Kier alpha value is -0.860. The van der Waals surface area contributed by atoms with Crippen molar-refractivity contribution in [2.75, 3.05) is 6.61 Å². The minimum atomic E-state index is 0.367. The van der Waals surface area contributed by atoms with E-state index in [1.165, 1.54) is 22.3 Å². The second-order valence-corrected chi connectivity index (χ2v) is 3.73. The quantitative estimate of drug-likeness (QED) is 0.611. The Morgan fingerprint density at radius 1 is 1.31 bits per heavy atom. The standard InChI is InChI=1S/C11H12O2/c1-7-9(11-6-13-11)3-2-8-4-12-5-10(7)8/h2-3,11H,4-6H2,1H3/t11-/m1/s1. The molecule has 1 fully saturated rings. The highest BCUT2D eigenvalue weighted by Crippen LogP contribution is 2.36. The zero-order chi connectivity index (χ0) is 8.84. The monoisotopic (exact) mass is 176 g/mol. The third-order valence-electron chi connectivity index (χ3n) is 2.92. The van der Waals surface area contributed by atoms with Crippen molar-refractivity contribution in [3.8, 4) is 0 Å². The van der Waals surface area contributed by atoms with Gasteiger partial charge in [0.05, 0.1) is 19.8 Å². The molecular formula is C11H12O2. The summed E-state index contributed by atoms with van der Waals surface area (Å²) in [5, 5.41) is 0. The summed E-state index contributed by atoms with van der Waals surface area (Å²) in [7, 11) is 0. The molecular weight excluding hydrogens is 164 g/mol. The molecule has 0 spiro atoms. The predicted molar refractivity (Wildman–Crippen MR) is 48.4 cm³/mol. The molecule has 13 heavy (non-hydrogen) atoms. The molecule has 68 valence electrons. The van der Waals surface area contributed by atoms with E-state index in [-0.39, 0.29) is 0 Å². The number of ether oxygens (including phenoxy) is 2. The Balaban J connectivity index is 2.13. The van der Waals surface area contributed by atoms with Crippen LogP contribution in [0.5, 0.6) is 0 Å². The lowest BCUT2D eigenvalue weighted by atomic mass is 9.97. The number of rotatable bonds is 1. The van der Waals surface area contributed by atoms with E-state index in [2.05, 4.69) is 19.1 Å². The molecule has 2 heteroatoms. The van der Waals surface area contributed by atoms with Gasteiger partial charge in [-0.05, 0) is 29.2 Å². The highest BCUT2D eigenvalue weighted by Gasteiger charge is 2.28. The predicted octanol–water partition coefficient (Wildman–Crippen LogP) is 2.10. The van der Waals surface area contributed by atoms with Crippen LogP contribution in [0.4, 0.5) is 0 Å². The van der Waals surface area contributed by atoms with Gasteiger partial charge in [0.1, 0.15) is 6.10 Å². The van der Waals surface area contributed by atoms with Crippen LogP contribution >= 0.6 is 0 Å². The molecule has 1 atom stereocenters. The molecule has 0 amide bonds. The van der Waals surface area contributed by atoms with Gasteiger partial charge >= 0.3 is 0 Å². The fourth-order valence-corrected chi connectivity index (χ4v) is 2.01. The van der Waals surface area contributed by atoms with Crippen LogP contribution in [0.25, 0.3) is 0 Å². The first-order valence-electron chi connectivity index (χ1n) is 4.67.